The number of hydrogen-bond acceptors (Lipinski definition) is 5. The highest BCUT2D eigenvalue weighted by Crippen LogP contribution is 2.29. The fourth-order valence-electron chi connectivity index (χ4n) is 2.06. The second-order valence-corrected chi connectivity index (χ2v) is 5.58. The van der Waals surface area contributed by atoms with E-state index in [-0.39, 0.29) is 18.1 Å². The molecule has 1 heterocycles. The van der Waals surface area contributed by atoms with Gasteiger partial charge in [-0.25, -0.2) is 0 Å². The van der Waals surface area contributed by atoms with Gasteiger partial charge in [0.25, 0.3) is 0 Å². The summed E-state index contributed by atoms with van der Waals surface area (Å²) in [5, 5.41) is 19.1. The van der Waals surface area contributed by atoms with Gasteiger partial charge in [-0.3, -0.25) is 4.79 Å². The molecule has 1 aliphatic rings. The molecule has 0 bridgehead atoms. The van der Waals surface area contributed by atoms with Crippen LogP contribution in [0.25, 0.3) is 0 Å². The van der Waals surface area contributed by atoms with Gasteiger partial charge in [0.15, 0.2) is 0 Å². The summed E-state index contributed by atoms with van der Waals surface area (Å²) in [7, 11) is -1.12. The quantitative estimate of drug-likeness (QED) is 0.612. The Hall–Kier alpha value is -1.53. The lowest BCUT2D eigenvalue weighted by Crippen LogP contribution is -2.28. The fourth-order valence-corrected chi connectivity index (χ4v) is 2.06. The monoisotopic (exact) mass is 264 g/mol. The van der Waals surface area contributed by atoms with Crippen LogP contribution in [-0.2, 0) is 14.2 Å². The third-order valence-electron chi connectivity index (χ3n) is 2.75. The van der Waals surface area contributed by atoms with E-state index >= 15 is 0 Å². The van der Waals surface area contributed by atoms with Gasteiger partial charge < -0.3 is 19.5 Å². The largest absolute Gasteiger partial charge is 0.508 e. The van der Waals surface area contributed by atoms with E-state index in [2.05, 4.69) is 0 Å². The topological polar surface area (TPSA) is 76.0 Å². The summed E-state index contributed by atoms with van der Waals surface area (Å²) in [4.78, 5) is 11.8. The molecule has 0 aromatic heterocycles. The van der Waals surface area contributed by atoms with E-state index in [0.29, 0.717) is 11.0 Å². The number of fused-ring (bicyclic) bond motifs is 1. The Kier molecular flexibility index (Phi) is 3.56. The van der Waals surface area contributed by atoms with Gasteiger partial charge in [0, 0.05) is 0 Å². The van der Waals surface area contributed by atoms with Gasteiger partial charge in [-0.2, -0.15) is 0 Å². The van der Waals surface area contributed by atoms with Crippen LogP contribution in [0, 0.1) is 0 Å². The highest BCUT2D eigenvalue weighted by atomic mass is 16.6. The van der Waals surface area contributed by atoms with E-state index < -0.39 is 18.8 Å². The Labute approximate surface area is 112 Å². The third-order valence-corrected chi connectivity index (χ3v) is 2.75. The minimum atomic E-state index is -1.12. The molecule has 102 valence electrons. The van der Waals surface area contributed by atoms with Crippen LogP contribution in [0.3, 0.4) is 0 Å². The lowest BCUT2D eigenvalue weighted by Gasteiger charge is -2.21. The molecule has 0 radical (unpaired) electrons. The van der Waals surface area contributed by atoms with E-state index in [1.807, 2.05) is 0 Å². The van der Waals surface area contributed by atoms with Crippen molar-refractivity contribution in [3.63, 3.8) is 0 Å². The van der Waals surface area contributed by atoms with Crippen molar-refractivity contribution in [3.05, 3.63) is 23.8 Å². The molecule has 6 heteroatoms. The smallest absolute Gasteiger partial charge is 0.492 e. The molecule has 1 unspecified atom stereocenters. The standard InChI is InChI=1S/C13H17BO5/c1-13(2,3)18-12(16)7-11-9-5-4-8(15)6-10(9)14(17)19-11/h4-6,11,15,17H,7H2,1-3H3. The first-order valence-corrected chi connectivity index (χ1v) is 6.14. The highest BCUT2D eigenvalue weighted by molar-refractivity contribution is 6.61. The van der Waals surface area contributed by atoms with E-state index in [1.54, 1.807) is 26.8 Å². The lowest BCUT2D eigenvalue weighted by molar-refractivity contribution is -0.156. The zero-order valence-electron chi connectivity index (χ0n) is 11.2. The average molecular weight is 264 g/mol. The molecule has 1 aromatic rings. The molecule has 19 heavy (non-hydrogen) atoms. The lowest BCUT2D eigenvalue weighted by atomic mass is 9.79. The summed E-state index contributed by atoms with van der Waals surface area (Å²) in [5.74, 6) is -0.329. The number of aromatic hydroxyl groups is 1. The Morgan fingerprint density at radius 1 is 1.47 bits per heavy atom. The van der Waals surface area contributed by atoms with Crippen LogP contribution in [0.2, 0.25) is 0 Å². The summed E-state index contributed by atoms with van der Waals surface area (Å²) in [5.41, 5.74) is 0.649. The number of carbonyl (C=O) groups is 1. The highest BCUT2D eigenvalue weighted by Gasteiger charge is 2.37. The SMILES string of the molecule is CC(C)(C)OC(=O)CC1OB(O)c2cc(O)ccc21. The minimum absolute atomic E-state index is 0.0338. The normalized spacial score (nSPS) is 18.3. The minimum Gasteiger partial charge on any atom is -0.508 e. The zero-order valence-corrected chi connectivity index (χ0v) is 11.2. The number of phenols is 1. The van der Waals surface area contributed by atoms with E-state index in [9.17, 15) is 14.9 Å². The molecule has 1 aliphatic heterocycles. The van der Waals surface area contributed by atoms with Crippen LogP contribution in [0.15, 0.2) is 18.2 Å². The van der Waals surface area contributed by atoms with Gasteiger partial charge in [0.2, 0.25) is 0 Å². The van der Waals surface area contributed by atoms with Crippen LogP contribution in [-0.4, -0.2) is 28.8 Å². The maximum Gasteiger partial charge on any atom is 0.492 e. The molecule has 0 saturated heterocycles. The third kappa shape index (κ3) is 3.27. The predicted molar refractivity (Wildman–Crippen MR) is 70.0 cm³/mol. The molecule has 0 saturated carbocycles. The van der Waals surface area contributed by atoms with Crippen LogP contribution in [0.4, 0.5) is 0 Å². The van der Waals surface area contributed by atoms with E-state index in [1.165, 1.54) is 12.1 Å². The number of hydrogen-bond donors (Lipinski definition) is 2. The zero-order chi connectivity index (χ0) is 14.2. The van der Waals surface area contributed by atoms with E-state index in [0.717, 1.165) is 0 Å². The number of carbonyl (C=O) groups excluding carboxylic acids is 1. The Morgan fingerprint density at radius 2 is 2.16 bits per heavy atom. The van der Waals surface area contributed by atoms with Gasteiger partial charge >= 0.3 is 13.1 Å². The number of esters is 1. The van der Waals surface area contributed by atoms with Gasteiger partial charge in [-0.05, 0) is 43.9 Å². The summed E-state index contributed by atoms with van der Waals surface area (Å²) in [6, 6.07) is 4.59. The molecule has 0 aliphatic carbocycles. The molecule has 5 nitrogen and oxygen atoms in total. The van der Waals surface area contributed by atoms with Crippen molar-refractivity contribution in [1.82, 2.24) is 0 Å². The van der Waals surface area contributed by atoms with Crippen LogP contribution < -0.4 is 5.46 Å². The van der Waals surface area contributed by atoms with Crippen molar-refractivity contribution in [3.8, 4) is 5.75 Å². The van der Waals surface area contributed by atoms with Crippen LogP contribution in [0.1, 0.15) is 38.9 Å². The number of benzene rings is 1. The molecule has 1 atom stereocenters. The molecule has 0 spiro atoms. The van der Waals surface area contributed by atoms with Crippen LogP contribution in [0.5, 0.6) is 5.75 Å². The van der Waals surface area contributed by atoms with Gasteiger partial charge in [-0.1, -0.05) is 6.07 Å². The van der Waals surface area contributed by atoms with Crippen molar-refractivity contribution in [1.29, 1.82) is 0 Å². The molecule has 0 amide bonds. The molecular weight excluding hydrogens is 247 g/mol. The van der Waals surface area contributed by atoms with Gasteiger partial charge in [0.05, 0.1) is 12.5 Å². The number of ether oxygens (including phenoxy) is 1. The molecule has 1 aromatic carbocycles. The molecule has 0 fully saturated rings. The Balaban J connectivity index is 2.11. The first-order chi connectivity index (χ1) is 8.76. The number of rotatable bonds is 2. The van der Waals surface area contributed by atoms with Crippen molar-refractivity contribution >= 4 is 18.6 Å². The average Bonchev–Trinajstić information content (AvgIpc) is 2.52. The second kappa shape index (κ2) is 4.87. The van der Waals surface area contributed by atoms with E-state index in [4.69, 9.17) is 9.39 Å². The number of phenolic OH excluding ortho intramolecular Hbond substituents is 1. The van der Waals surface area contributed by atoms with Crippen molar-refractivity contribution in [2.75, 3.05) is 0 Å². The molecule has 2 N–H and O–H groups in total. The van der Waals surface area contributed by atoms with Gasteiger partial charge in [0.1, 0.15) is 11.4 Å². The Morgan fingerprint density at radius 3 is 2.79 bits per heavy atom. The van der Waals surface area contributed by atoms with Crippen LogP contribution >= 0.6 is 0 Å². The Bertz CT molecular complexity index is 494. The van der Waals surface area contributed by atoms with Gasteiger partial charge in [-0.15, -0.1) is 0 Å². The first kappa shape index (κ1) is 13.9. The summed E-state index contributed by atoms with van der Waals surface area (Å²) < 4.78 is 10.5. The summed E-state index contributed by atoms with van der Waals surface area (Å²) >= 11 is 0. The first-order valence-electron chi connectivity index (χ1n) is 6.14. The fraction of sp³-hybridized carbons (Fsp3) is 0.462. The summed E-state index contributed by atoms with van der Waals surface area (Å²) in [6.45, 7) is 5.38. The van der Waals surface area contributed by atoms with Crippen molar-refractivity contribution in [2.45, 2.75) is 38.9 Å². The molecular formula is C13H17BO5. The molecule has 2 rings (SSSR count). The van der Waals surface area contributed by atoms with Crippen molar-refractivity contribution in [2.24, 2.45) is 0 Å². The van der Waals surface area contributed by atoms with Crippen molar-refractivity contribution < 1.29 is 24.3 Å². The predicted octanol–water partition coefficient (Wildman–Crippen LogP) is 0.883. The maximum absolute atomic E-state index is 11.8. The maximum atomic E-state index is 11.8. The summed E-state index contributed by atoms with van der Waals surface area (Å²) in [6.07, 6.45) is -0.507. The second-order valence-electron chi connectivity index (χ2n) is 5.58.